The Hall–Kier alpha value is -1.89. The molecule has 1 heterocycles. The van der Waals surface area contributed by atoms with E-state index in [1.807, 2.05) is 30.3 Å². The number of carbonyl (C=O) groups is 2. The van der Waals surface area contributed by atoms with Crippen molar-refractivity contribution >= 4 is 21.7 Å². The lowest BCUT2D eigenvalue weighted by Crippen LogP contribution is -2.40. The Balaban J connectivity index is 1.67. The van der Waals surface area contributed by atoms with Crippen molar-refractivity contribution in [2.45, 2.75) is 31.7 Å². The molecule has 1 aliphatic heterocycles. The first-order valence-electron chi connectivity index (χ1n) is 8.14. The van der Waals surface area contributed by atoms with E-state index in [1.165, 1.54) is 10.5 Å². The van der Waals surface area contributed by atoms with Crippen molar-refractivity contribution < 1.29 is 18.0 Å². The number of aryl methyl sites for hydroxylation is 1. The number of sulfone groups is 1. The molecule has 1 aliphatic rings. The molecule has 132 valence electrons. The van der Waals surface area contributed by atoms with Crippen molar-refractivity contribution in [1.82, 2.24) is 10.2 Å². The zero-order chi connectivity index (χ0) is 17.6. The van der Waals surface area contributed by atoms with Crippen LogP contribution in [-0.2, 0) is 25.8 Å². The number of hydrogen-bond donors (Lipinski definition) is 1. The number of benzene rings is 1. The lowest BCUT2D eigenvalue weighted by molar-refractivity contribution is -0.136. The summed E-state index contributed by atoms with van der Waals surface area (Å²) in [4.78, 5) is 25.3. The van der Waals surface area contributed by atoms with Crippen LogP contribution in [0, 0.1) is 0 Å². The van der Waals surface area contributed by atoms with Crippen LogP contribution < -0.4 is 5.32 Å². The highest BCUT2D eigenvalue weighted by Crippen LogP contribution is 2.17. The lowest BCUT2D eigenvalue weighted by atomic mass is 10.1. The Labute approximate surface area is 143 Å². The van der Waals surface area contributed by atoms with E-state index in [1.54, 1.807) is 7.05 Å². The van der Waals surface area contributed by atoms with Crippen molar-refractivity contribution in [3.05, 3.63) is 35.9 Å². The molecule has 0 aliphatic carbocycles. The zero-order valence-electron chi connectivity index (χ0n) is 13.9. The van der Waals surface area contributed by atoms with Crippen molar-refractivity contribution in [2.75, 3.05) is 25.1 Å². The van der Waals surface area contributed by atoms with Gasteiger partial charge in [0, 0.05) is 19.6 Å². The Bertz CT molecular complexity index is 673. The smallest absolute Gasteiger partial charge is 0.232 e. The maximum Gasteiger partial charge on any atom is 0.232 e. The summed E-state index contributed by atoms with van der Waals surface area (Å²) in [6.07, 6.45) is 1.89. The molecule has 24 heavy (non-hydrogen) atoms. The average Bonchev–Trinajstić information content (AvgIpc) is 2.91. The largest absolute Gasteiger partial charge is 0.356 e. The van der Waals surface area contributed by atoms with E-state index in [-0.39, 0.29) is 35.8 Å². The lowest BCUT2D eigenvalue weighted by Gasteiger charge is -2.23. The van der Waals surface area contributed by atoms with Gasteiger partial charge in [-0.15, -0.1) is 0 Å². The molecule has 0 saturated carbocycles. The second-order valence-electron chi connectivity index (χ2n) is 6.18. The van der Waals surface area contributed by atoms with Crippen LogP contribution in [-0.4, -0.2) is 56.3 Å². The van der Waals surface area contributed by atoms with Crippen LogP contribution in [0.1, 0.15) is 24.8 Å². The van der Waals surface area contributed by atoms with Crippen LogP contribution in [0.5, 0.6) is 0 Å². The Morgan fingerprint density at radius 1 is 1.25 bits per heavy atom. The van der Waals surface area contributed by atoms with E-state index in [0.717, 1.165) is 12.8 Å². The summed E-state index contributed by atoms with van der Waals surface area (Å²) in [5.41, 5.74) is 1.21. The minimum absolute atomic E-state index is 0.00602. The summed E-state index contributed by atoms with van der Waals surface area (Å²) in [7, 11) is -1.47. The fraction of sp³-hybridized carbons (Fsp3) is 0.529. The van der Waals surface area contributed by atoms with Crippen LogP contribution in [0.15, 0.2) is 30.3 Å². The van der Waals surface area contributed by atoms with E-state index < -0.39 is 9.84 Å². The molecular formula is C17H24N2O4S. The van der Waals surface area contributed by atoms with Gasteiger partial charge in [-0.05, 0) is 24.8 Å². The van der Waals surface area contributed by atoms with E-state index in [2.05, 4.69) is 5.32 Å². The zero-order valence-corrected chi connectivity index (χ0v) is 14.7. The number of rotatable bonds is 7. The van der Waals surface area contributed by atoms with Gasteiger partial charge in [0.25, 0.3) is 0 Å². The van der Waals surface area contributed by atoms with Crippen LogP contribution in [0.2, 0.25) is 0 Å². The van der Waals surface area contributed by atoms with Crippen molar-refractivity contribution in [3.8, 4) is 0 Å². The number of carbonyl (C=O) groups excluding carboxylic acids is 2. The molecule has 0 bridgehead atoms. The molecule has 0 radical (unpaired) electrons. The molecule has 1 fully saturated rings. The second kappa shape index (κ2) is 8.28. The molecule has 1 aromatic rings. The predicted molar refractivity (Wildman–Crippen MR) is 92.2 cm³/mol. The maximum absolute atomic E-state index is 12.1. The third-order valence-corrected chi connectivity index (χ3v) is 6.02. The highest BCUT2D eigenvalue weighted by Gasteiger charge is 2.33. The van der Waals surface area contributed by atoms with Gasteiger partial charge in [0.2, 0.25) is 11.8 Å². The number of nitrogens with zero attached hydrogens (tertiary/aromatic N) is 1. The summed E-state index contributed by atoms with van der Waals surface area (Å²) in [6, 6.07) is 9.68. The fourth-order valence-electron chi connectivity index (χ4n) is 2.77. The highest BCUT2D eigenvalue weighted by atomic mass is 32.2. The molecule has 1 saturated heterocycles. The van der Waals surface area contributed by atoms with Crippen LogP contribution in [0.4, 0.5) is 0 Å². The van der Waals surface area contributed by atoms with Crippen molar-refractivity contribution in [2.24, 2.45) is 0 Å². The molecule has 0 aromatic heterocycles. The molecule has 7 heteroatoms. The summed E-state index contributed by atoms with van der Waals surface area (Å²) in [5, 5.41) is 2.74. The molecular weight excluding hydrogens is 328 g/mol. The quantitative estimate of drug-likeness (QED) is 0.580. The standard InChI is InChI=1S/C17H24N2O4S/c1-19(15-9-11-24(22,23)13-15)17(21)12-16(20)18-10-5-8-14-6-3-2-4-7-14/h2-4,6-7,15H,5,8-13H2,1H3,(H,18,20). The van der Waals surface area contributed by atoms with E-state index >= 15 is 0 Å². The predicted octanol–water partition coefficient (Wildman–Crippen LogP) is 0.771. The average molecular weight is 352 g/mol. The third-order valence-electron chi connectivity index (χ3n) is 4.27. The Morgan fingerprint density at radius 3 is 2.58 bits per heavy atom. The van der Waals surface area contributed by atoms with Crippen LogP contribution in [0.3, 0.4) is 0 Å². The summed E-state index contributed by atoms with van der Waals surface area (Å²) in [6.45, 7) is 0.516. The van der Waals surface area contributed by atoms with Gasteiger partial charge in [-0.2, -0.15) is 0 Å². The van der Waals surface area contributed by atoms with Crippen molar-refractivity contribution in [1.29, 1.82) is 0 Å². The van der Waals surface area contributed by atoms with Gasteiger partial charge in [0.1, 0.15) is 6.42 Å². The highest BCUT2D eigenvalue weighted by molar-refractivity contribution is 7.91. The molecule has 1 aromatic carbocycles. The van der Waals surface area contributed by atoms with Gasteiger partial charge in [-0.3, -0.25) is 9.59 Å². The van der Waals surface area contributed by atoms with Gasteiger partial charge >= 0.3 is 0 Å². The summed E-state index contributed by atoms with van der Waals surface area (Å²) < 4.78 is 22.9. The van der Waals surface area contributed by atoms with Gasteiger partial charge < -0.3 is 10.2 Å². The maximum atomic E-state index is 12.1. The number of amides is 2. The molecule has 2 amide bonds. The van der Waals surface area contributed by atoms with E-state index in [0.29, 0.717) is 13.0 Å². The summed E-state index contributed by atoms with van der Waals surface area (Å²) >= 11 is 0. The van der Waals surface area contributed by atoms with Gasteiger partial charge in [-0.25, -0.2) is 8.42 Å². The molecule has 6 nitrogen and oxygen atoms in total. The molecule has 2 rings (SSSR count). The van der Waals surface area contributed by atoms with Gasteiger partial charge in [-0.1, -0.05) is 30.3 Å². The topological polar surface area (TPSA) is 83.6 Å². The second-order valence-corrected chi connectivity index (χ2v) is 8.41. The van der Waals surface area contributed by atoms with Crippen LogP contribution in [0.25, 0.3) is 0 Å². The molecule has 1 N–H and O–H groups in total. The molecule has 1 unspecified atom stereocenters. The van der Waals surface area contributed by atoms with E-state index in [4.69, 9.17) is 0 Å². The summed E-state index contributed by atoms with van der Waals surface area (Å²) in [5.74, 6) is -0.548. The van der Waals surface area contributed by atoms with Crippen LogP contribution >= 0.6 is 0 Å². The fourth-order valence-corrected chi connectivity index (χ4v) is 4.55. The normalized spacial score (nSPS) is 19.0. The van der Waals surface area contributed by atoms with E-state index in [9.17, 15) is 18.0 Å². The Kier molecular flexibility index (Phi) is 6.36. The number of nitrogens with one attached hydrogen (secondary N) is 1. The van der Waals surface area contributed by atoms with Crippen molar-refractivity contribution in [3.63, 3.8) is 0 Å². The van der Waals surface area contributed by atoms with Gasteiger partial charge in [0.15, 0.2) is 9.84 Å². The van der Waals surface area contributed by atoms with Gasteiger partial charge in [0.05, 0.1) is 11.5 Å². The minimum Gasteiger partial charge on any atom is -0.356 e. The first kappa shape index (κ1) is 18.4. The Morgan fingerprint density at radius 2 is 1.96 bits per heavy atom. The molecule has 1 atom stereocenters. The first-order chi connectivity index (χ1) is 11.4. The third kappa shape index (κ3) is 5.63. The number of hydrogen-bond acceptors (Lipinski definition) is 4. The SMILES string of the molecule is CN(C(=O)CC(=O)NCCCc1ccccc1)C1CCS(=O)(=O)C1. The minimum atomic E-state index is -3.04. The molecule has 0 spiro atoms. The monoisotopic (exact) mass is 352 g/mol. The first-order valence-corrected chi connectivity index (χ1v) is 9.96.